The van der Waals surface area contributed by atoms with Gasteiger partial charge < -0.3 is 5.73 Å². The average molecular weight is 148 g/mol. The third-order valence-electron chi connectivity index (χ3n) is 2.17. The van der Waals surface area contributed by atoms with E-state index in [1.165, 1.54) is 12.1 Å². The highest BCUT2D eigenvalue weighted by Gasteiger charge is 2.33. The quantitative estimate of drug-likeness (QED) is 0.678. The first kappa shape index (κ1) is 6.80. The van der Waals surface area contributed by atoms with Crippen LogP contribution in [0.15, 0.2) is 24.4 Å². The van der Waals surface area contributed by atoms with Gasteiger partial charge in [-0.25, -0.2) is 0 Å². The second-order valence-corrected chi connectivity index (χ2v) is 3.18. The molecule has 1 aliphatic carbocycles. The Kier molecular flexibility index (Phi) is 1.62. The Hall–Kier alpha value is -0.890. The highest BCUT2D eigenvalue weighted by molar-refractivity contribution is 5.08. The van der Waals surface area contributed by atoms with Gasteiger partial charge in [-0.05, 0) is 30.9 Å². The molecule has 2 rings (SSSR count). The van der Waals surface area contributed by atoms with Crippen LogP contribution in [0.4, 0.5) is 0 Å². The van der Waals surface area contributed by atoms with Crippen molar-refractivity contribution in [2.45, 2.75) is 18.9 Å². The molecule has 2 heteroatoms. The fraction of sp³-hybridized carbons (Fsp3) is 0.444. The molecule has 0 aliphatic heterocycles. The molecule has 1 heterocycles. The summed E-state index contributed by atoms with van der Waals surface area (Å²) >= 11 is 0. The van der Waals surface area contributed by atoms with Crippen molar-refractivity contribution < 1.29 is 0 Å². The number of pyridine rings is 1. The highest BCUT2D eigenvalue weighted by Crippen LogP contribution is 2.30. The number of rotatable bonds is 2. The Bertz CT molecular complexity index is 233. The molecule has 2 N–H and O–H groups in total. The van der Waals surface area contributed by atoms with Gasteiger partial charge in [0.05, 0.1) is 0 Å². The maximum atomic E-state index is 5.69. The molecule has 0 bridgehead atoms. The molecule has 11 heavy (non-hydrogen) atoms. The van der Waals surface area contributed by atoms with E-state index < -0.39 is 0 Å². The van der Waals surface area contributed by atoms with Crippen molar-refractivity contribution in [3.63, 3.8) is 0 Å². The SMILES string of the molecule is N[C@@H]1C[C@@H]1Cc1ccccn1. The topological polar surface area (TPSA) is 38.9 Å². The lowest BCUT2D eigenvalue weighted by atomic mass is 10.2. The minimum atomic E-state index is 0.442. The van der Waals surface area contributed by atoms with Crippen molar-refractivity contribution in [1.29, 1.82) is 0 Å². The Morgan fingerprint density at radius 1 is 1.55 bits per heavy atom. The number of aromatic nitrogens is 1. The van der Waals surface area contributed by atoms with Crippen molar-refractivity contribution in [1.82, 2.24) is 4.98 Å². The van der Waals surface area contributed by atoms with Crippen molar-refractivity contribution in [3.8, 4) is 0 Å². The zero-order chi connectivity index (χ0) is 7.68. The first-order valence-corrected chi connectivity index (χ1v) is 4.02. The molecule has 0 amide bonds. The number of nitrogens with two attached hydrogens (primary N) is 1. The molecule has 1 aliphatic rings. The number of nitrogens with zero attached hydrogens (tertiary/aromatic N) is 1. The zero-order valence-electron chi connectivity index (χ0n) is 6.40. The van der Waals surface area contributed by atoms with Crippen molar-refractivity contribution in [3.05, 3.63) is 30.1 Å². The van der Waals surface area contributed by atoms with Crippen molar-refractivity contribution in [2.24, 2.45) is 11.7 Å². The van der Waals surface area contributed by atoms with Gasteiger partial charge in [0.2, 0.25) is 0 Å². The maximum Gasteiger partial charge on any atom is 0.0406 e. The van der Waals surface area contributed by atoms with Gasteiger partial charge in [-0.15, -0.1) is 0 Å². The van der Waals surface area contributed by atoms with E-state index in [9.17, 15) is 0 Å². The van der Waals surface area contributed by atoms with Gasteiger partial charge >= 0.3 is 0 Å². The summed E-state index contributed by atoms with van der Waals surface area (Å²) in [7, 11) is 0. The minimum Gasteiger partial charge on any atom is -0.327 e. The molecule has 58 valence electrons. The van der Waals surface area contributed by atoms with Gasteiger partial charge in [0, 0.05) is 17.9 Å². The van der Waals surface area contributed by atoms with Gasteiger partial charge in [0.25, 0.3) is 0 Å². The third kappa shape index (κ3) is 1.57. The van der Waals surface area contributed by atoms with Crippen LogP contribution in [0.25, 0.3) is 0 Å². The summed E-state index contributed by atoms with van der Waals surface area (Å²) in [5.41, 5.74) is 6.86. The molecule has 0 saturated heterocycles. The van der Waals surface area contributed by atoms with Crippen LogP contribution in [0.5, 0.6) is 0 Å². The molecule has 0 spiro atoms. The molecular weight excluding hydrogens is 136 g/mol. The monoisotopic (exact) mass is 148 g/mol. The first-order valence-electron chi connectivity index (χ1n) is 4.02. The summed E-state index contributed by atoms with van der Waals surface area (Å²) in [6.07, 6.45) is 4.07. The highest BCUT2D eigenvalue weighted by atomic mass is 14.8. The van der Waals surface area contributed by atoms with Crippen LogP contribution in [0.2, 0.25) is 0 Å². The van der Waals surface area contributed by atoms with E-state index in [0.717, 1.165) is 6.42 Å². The van der Waals surface area contributed by atoms with E-state index in [0.29, 0.717) is 12.0 Å². The summed E-state index contributed by atoms with van der Waals surface area (Å²) in [6, 6.07) is 6.47. The van der Waals surface area contributed by atoms with E-state index in [1.54, 1.807) is 0 Å². The van der Waals surface area contributed by atoms with Crippen molar-refractivity contribution in [2.75, 3.05) is 0 Å². The molecule has 0 aromatic carbocycles. The second-order valence-electron chi connectivity index (χ2n) is 3.18. The summed E-state index contributed by atoms with van der Waals surface area (Å²) in [5.74, 6) is 0.699. The van der Waals surface area contributed by atoms with E-state index in [4.69, 9.17) is 5.73 Å². The Balaban J connectivity index is 1.97. The van der Waals surface area contributed by atoms with E-state index >= 15 is 0 Å². The molecule has 1 saturated carbocycles. The maximum absolute atomic E-state index is 5.69. The van der Waals surface area contributed by atoms with Crippen LogP contribution in [0.1, 0.15) is 12.1 Å². The van der Waals surface area contributed by atoms with Crippen LogP contribution < -0.4 is 5.73 Å². The molecule has 1 aromatic rings. The third-order valence-corrected chi connectivity index (χ3v) is 2.17. The van der Waals surface area contributed by atoms with Crippen LogP contribution >= 0.6 is 0 Å². The average Bonchev–Trinajstić information content (AvgIpc) is 2.69. The Labute approximate surface area is 66.4 Å². The normalized spacial score (nSPS) is 28.5. The standard InChI is InChI=1S/C9H12N2/c10-9-6-7(9)5-8-3-1-2-4-11-8/h1-4,7,9H,5-6,10H2/t7-,9+/m0/s1. The molecule has 0 radical (unpaired) electrons. The fourth-order valence-electron chi connectivity index (χ4n) is 1.29. The van der Waals surface area contributed by atoms with Gasteiger partial charge in [-0.3, -0.25) is 4.98 Å². The van der Waals surface area contributed by atoms with Gasteiger partial charge in [0.15, 0.2) is 0 Å². The summed E-state index contributed by atoms with van der Waals surface area (Å²) in [6.45, 7) is 0. The lowest BCUT2D eigenvalue weighted by molar-refractivity contribution is 0.765. The van der Waals surface area contributed by atoms with Crippen LogP contribution in [0, 0.1) is 5.92 Å². The molecule has 1 fully saturated rings. The van der Waals surface area contributed by atoms with Gasteiger partial charge in [0.1, 0.15) is 0 Å². The molecule has 2 atom stereocenters. The predicted octanol–water partition coefficient (Wildman–Crippen LogP) is 0.971. The number of hydrogen-bond donors (Lipinski definition) is 1. The first-order chi connectivity index (χ1) is 5.36. The summed E-state index contributed by atoms with van der Waals surface area (Å²) in [5, 5.41) is 0. The van der Waals surface area contributed by atoms with Crippen LogP contribution in [0.3, 0.4) is 0 Å². The molecule has 2 nitrogen and oxygen atoms in total. The van der Waals surface area contributed by atoms with Gasteiger partial charge in [-0.2, -0.15) is 0 Å². The van der Waals surface area contributed by atoms with Gasteiger partial charge in [-0.1, -0.05) is 6.07 Å². The minimum absolute atomic E-state index is 0.442. The van der Waals surface area contributed by atoms with E-state index in [1.807, 2.05) is 18.3 Å². The number of hydrogen-bond acceptors (Lipinski definition) is 2. The molecule has 0 unspecified atom stereocenters. The lowest BCUT2D eigenvalue weighted by Crippen LogP contribution is -2.04. The van der Waals surface area contributed by atoms with E-state index in [-0.39, 0.29) is 0 Å². The summed E-state index contributed by atoms with van der Waals surface area (Å²) in [4.78, 5) is 4.24. The smallest absolute Gasteiger partial charge is 0.0406 e. The van der Waals surface area contributed by atoms with Crippen LogP contribution in [-0.2, 0) is 6.42 Å². The molecule has 1 aromatic heterocycles. The zero-order valence-corrected chi connectivity index (χ0v) is 6.40. The Morgan fingerprint density at radius 2 is 2.36 bits per heavy atom. The summed E-state index contributed by atoms with van der Waals surface area (Å²) < 4.78 is 0. The van der Waals surface area contributed by atoms with E-state index in [2.05, 4.69) is 11.1 Å². The Morgan fingerprint density at radius 3 is 2.91 bits per heavy atom. The fourth-order valence-corrected chi connectivity index (χ4v) is 1.29. The predicted molar refractivity (Wildman–Crippen MR) is 44.0 cm³/mol. The van der Waals surface area contributed by atoms with Crippen molar-refractivity contribution >= 4 is 0 Å². The lowest BCUT2D eigenvalue weighted by Gasteiger charge is -1.95. The largest absolute Gasteiger partial charge is 0.327 e. The second kappa shape index (κ2) is 2.62. The van der Waals surface area contributed by atoms with Crippen LogP contribution in [-0.4, -0.2) is 11.0 Å². The molecular formula is C9H12N2.